The Morgan fingerprint density at radius 2 is 2.31 bits per heavy atom. The summed E-state index contributed by atoms with van der Waals surface area (Å²) >= 11 is 0. The van der Waals surface area contributed by atoms with Crippen molar-refractivity contribution in [1.82, 2.24) is 9.88 Å². The molecule has 4 nitrogen and oxygen atoms in total. The highest BCUT2D eigenvalue weighted by Gasteiger charge is 2.32. The fourth-order valence-corrected chi connectivity index (χ4v) is 2.09. The fourth-order valence-electron chi connectivity index (χ4n) is 2.09. The minimum Gasteiger partial charge on any atom is -0.329 e. The minimum atomic E-state index is -0.243. The largest absolute Gasteiger partial charge is 0.329 e. The third-order valence-corrected chi connectivity index (χ3v) is 2.89. The standard InChI is InChI=1S/C12H14N2O2/c1-9(15)11-5-3-7-14(11)12(16)10-4-2-6-13-8-10/h2,4,6,8,11H,3,5,7H2,1H3. The molecule has 1 aliphatic heterocycles. The van der Waals surface area contributed by atoms with Crippen LogP contribution >= 0.6 is 0 Å². The second-order valence-corrected chi connectivity index (χ2v) is 4.01. The van der Waals surface area contributed by atoms with Crippen LogP contribution in [0.25, 0.3) is 0 Å². The number of Topliss-reactive ketones (excluding diaryl/α,β-unsaturated/α-hetero) is 1. The lowest BCUT2D eigenvalue weighted by Gasteiger charge is -2.22. The van der Waals surface area contributed by atoms with Crippen molar-refractivity contribution in [1.29, 1.82) is 0 Å². The topological polar surface area (TPSA) is 50.3 Å². The number of hydrogen-bond acceptors (Lipinski definition) is 3. The maximum absolute atomic E-state index is 12.1. The molecule has 1 aromatic rings. The van der Waals surface area contributed by atoms with Gasteiger partial charge in [-0.15, -0.1) is 0 Å². The predicted octanol–water partition coefficient (Wildman–Crippen LogP) is 1.28. The van der Waals surface area contributed by atoms with Crippen LogP contribution in [0.2, 0.25) is 0 Å². The van der Waals surface area contributed by atoms with Crippen molar-refractivity contribution in [3.8, 4) is 0 Å². The van der Waals surface area contributed by atoms with Crippen molar-refractivity contribution in [2.75, 3.05) is 6.54 Å². The number of carbonyl (C=O) groups excluding carboxylic acids is 2. The number of aromatic nitrogens is 1. The molecular weight excluding hydrogens is 204 g/mol. The van der Waals surface area contributed by atoms with Crippen molar-refractivity contribution in [2.45, 2.75) is 25.8 Å². The van der Waals surface area contributed by atoms with Gasteiger partial charge in [-0.3, -0.25) is 14.6 Å². The molecule has 0 radical (unpaired) electrons. The number of pyridine rings is 1. The van der Waals surface area contributed by atoms with Crippen molar-refractivity contribution in [2.24, 2.45) is 0 Å². The first-order valence-corrected chi connectivity index (χ1v) is 5.41. The Morgan fingerprint density at radius 3 is 2.94 bits per heavy atom. The van der Waals surface area contributed by atoms with E-state index in [0.717, 1.165) is 12.8 Å². The molecule has 1 aromatic heterocycles. The summed E-state index contributed by atoms with van der Waals surface area (Å²) in [6.45, 7) is 2.21. The van der Waals surface area contributed by atoms with Crippen molar-refractivity contribution < 1.29 is 9.59 Å². The molecule has 1 aliphatic rings. The van der Waals surface area contributed by atoms with Crippen LogP contribution in [0.5, 0.6) is 0 Å². The molecule has 2 heterocycles. The van der Waals surface area contributed by atoms with E-state index in [1.165, 1.54) is 6.20 Å². The summed E-state index contributed by atoms with van der Waals surface area (Å²) in [7, 11) is 0. The average molecular weight is 218 g/mol. The van der Waals surface area contributed by atoms with Gasteiger partial charge in [0.25, 0.3) is 5.91 Å². The third-order valence-electron chi connectivity index (χ3n) is 2.89. The van der Waals surface area contributed by atoms with Crippen LogP contribution in [0.3, 0.4) is 0 Å². The molecule has 0 spiro atoms. The van der Waals surface area contributed by atoms with Crippen LogP contribution in [0, 0.1) is 0 Å². The molecule has 4 heteroatoms. The Balaban J connectivity index is 2.19. The Hall–Kier alpha value is -1.71. The number of carbonyl (C=O) groups is 2. The molecule has 0 aromatic carbocycles. The van der Waals surface area contributed by atoms with Gasteiger partial charge in [-0.25, -0.2) is 0 Å². The van der Waals surface area contributed by atoms with Gasteiger partial charge in [0.2, 0.25) is 0 Å². The van der Waals surface area contributed by atoms with E-state index in [9.17, 15) is 9.59 Å². The minimum absolute atomic E-state index is 0.0646. The zero-order valence-electron chi connectivity index (χ0n) is 9.22. The van der Waals surface area contributed by atoms with Gasteiger partial charge in [-0.05, 0) is 31.9 Å². The Bertz CT molecular complexity index is 403. The smallest absolute Gasteiger partial charge is 0.256 e. The van der Waals surface area contributed by atoms with E-state index in [4.69, 9.17) is 0 Å². The first kappa shape index (κ1) is 10.8. The van der Waals surface area contributed by atoms with Gasteiger partial charge >= 0.3 is 0 Å². The van der Waals surface area contributed by atoms with Gasteiger partial charge in [0.05, 0.1) is 11.6 Å². The van der Waals surface area contributed by atoms with E-state index in [0.29, 0.717) is 12.1 Å². The number of amides is 1. The van der Waals surface area contributed by atoms with Gasteiger partial charge in [0, 0.05) is 18.9 Å². The summed E-state index contributed by atoms with van der Waals surface area (Å²) in [5, 5.41) is 0. The molecule has 1 saturated heterocycles. The van der Waals surface area contributed by atoms with E-state index >= 15 is 0 Å². The third kappa shape index (κ3) is 1.96. The molecule has 84 valence electrons. The summed E-state index contributed by atoms with van der Waals surface area (Å²) < 4.78 is 0. The van der Waals surface area contributed by atoms with Crippen LogP contribution in [0.15, 0.2) is 24.5 Å². The van der Waals surface area contributed by atoms with Gasteiger partial charge in [-0.2, -0.15) is 0 Å². The lowest BCUT2D eigenvalue weighted by Crippen LogP contribution is -2.39. The van der Waals surface area contributed by atoms with Crippen LogP contribution in [-0.2, 0) is 4.79 Å². The number of nitrogens with zero attached hydrogens (tertiary/aromatic N) is 2. The zero-order valence-corrected chi connectivity index (χ0v) is 9.22. The molecule has 1 atom stereocenters. The first-order valence-electron chi connectivity index (χ1n) is 5.41. The normalized spacial score (nSPS) is 19.8. The number of hydrogen-bond donors (Lipinski definition) is 0. The summed E-state index contributed by atoms with van der Waals surface area (Å²) in [4.78, 5) is 29.0. The molecular formula is C12H14N2O2. The van der Waals surface area contributed by atoms with Crippen molar-refractivity contribution in [3.05, 3.63) is 30.1 Å². The summed E-state index contributed by atoms with van der Waals surface area (Å²) in [5.41, 5.74) is 0.552. The highest BCUT2D eigenvalue weighted by Crippen LogP contribution is 2.20. The van der Waals surface area contributed by atoms with E-state index in [2.05, 4.69) is 4.98 Å². The molecule has 1 amide bonds. The number of ketones is 1. The lowest BCUT2D eigenvalue weighted by atomic mass is 10.1. The van der Waals surface area contributed by atoms with Crippen molar-refractivity contribution >= 4 is 11.7 Å². The van der Waals surface area contributed by atoms with Gasteiger partial charge in [-0.1, -0.05) is 0 Å². The molecule has 0 saturated carbocycles. The molecule has 1 fully saturated rings. The molecule has 0 aliphatic carbocycles. The van der Waals surface area contributed by atoms with E-state index in [1.807, 2.05) is 0 Å². The molecule has 2 rings (SSSR count). The summed E-state index contributed by atoms with van der Waals surface area (Å²) in [6.07, 6.45) is 4.85. The number of rotatable bonds is 2. The molecule has 16 heavy (non-hydrogen) atoms. The fraction of sp³-hybridized carbons (Fsp3) is 0.417. The molecule has 1 unspecified atom stereocenters. The summed E-state index contributed by atoms with van der Waals surface area (Å²) in [5.74, 6) is -0.0273. The second-order valence-electron chi connectivity index (χ2n) is 4.01. The van der Waals surface area contributed by atoms with Crippen LogP contribution in [-0.4, -0.2) is 34.2 Å². The van der Waals surface area contributed by atoms with Gasteiger partial charge < -0.3 is 4.90 Å². The highest BCUT2D eigenvalue weighted by molar-refractivity contribution is 5.97. The SMILES string of the molecule is CC(=O)C1CCCN1C(=O)c1cccnc1. The molecule has 0 N–H and O–H groups in total. The second kappa shape index (κ2) is 4.43. The van der Waals surface area contributed by atoms with Crippen LogP contribution < -0.4 is 0 Å². The van der Waals surface area contributed by atoms with E-state index in [1.54, 1.807) is 30.2 Å². The Labute approximate surface area is 94.3 Å². The lowest BCUT2D eigenvalue weighted by molar-refractivity contribution is -0.120. The van der Waals surface area contributed by atoms with Crippen molar-refractivity contribution in [3.63, 3.8) is 0 Å². The summed E-state index contributed by atoms with van der Waals surface area (Å²) in [6, 6.07) is 3.21. The van der Waals surface area contributed by atoms with E-state index in [-0.39, 0.29) is 17.7 Å². The zero-order chi connectivity index (χ0) is 11.5. The number of likely N-dealkylation sites (tertiary alicyclic amines) is 1. The highest BCUT2D eigenvalue weighted by atomic mass is 16.2. The Kier molecular flexibility index (Phi) is 2.99. The average Bonchev–Trinajstić information content (AvgIpc) is 2.78. The Morgan fingerprint density at radius 1 is 1.50 bits per heavy atom. The van der Waals surface area contributed by atoms with Crippen LogP contribution in [0.1, 0.15) is 30.1 Å². The van der Waals surface area contributed by atoms with E-state index < -0.39 is 0 Å². The maximum atomic E-state index is 12.1. The van der Waals surface area contributed by atoms with Gasteiger partial charge in [0.15, 0.2) is 5.78 Å². The molecule has 0 bridgehead atoms. The predicted molar refractivity (Wildman–Crippen MR) is 59.0 cm³/mol. The monoisotopic (exact) mass is 218 g/mol. The quantitative estimate of drug-likeness (QED) is 0.751. The van der Waals surface area contributed by atoms with Crippen LogP contribution in [0.4, 0.5) is 0 Å². The first-order chi connectivity index (χ1) is 7.70. The maximum Gasteiger partial charge on any atom is 0.256 e. The van der Waals surface area contributed by atoms with Gasteiger partial charge in [0.1, 0.15) is 0 Å².